The maximum Gasteiger partial charge on any atom is 0.170 e. The number of nitrogens with one attached hydrogen (secondary N) is 2. The first-order valence-corrected chi connectivity index (χ1v) is 5.23. The van der Waals surface area contributed by atoms with Gasteiger partial charge >= 0.3 is 0 Å². The molecule has 0 fully saturated rings. The predicted octanol–water partition coefficient (Wildman–Crippen LogP) is 2.83. The molecule has 2 nitrogen and oxygen atoms in total. The van der Waals surface area contributed by atoms with E-state index in [2.05, 4.69) is 10.6 Å². The zero-order valence-electron chi connectivity index (χ0n) is 9.10. The molecule has 0 aliphatic carbocycles. The Labute approximate surface area is 94.9 Å². The summed E-state index contributed by atoms with van der Waals surface area (Å²) >= 11 is 5.09. The summed E-state index contributed by atoms with van der Waals surface area (Å²) in [4.78, 5) is 0. The Hall–Kier alpha value is -1.16. The van der Waals surface area contributed by atoms with Gasteiger partial charge in [0.15, 0.2) is 5.11 Å². The van der Waals surface area contributed by atoms with Crippen LogP contribution in [0.25, 0.3) is 0 Å². The first-order chi connectivity index (χ1) is 6.99. The van der Waals surface area contributed by atoms with E-state index >= 15 is 0 Å². The van der Waals surface area contributed by atoms with Gasteiger partial charge in [-0.3, -0.25) is 0 Å². The Morgan fingerprint density at radius 3 is 2.60 bits per heavy atom. The van der Waals surface area contributed by atoms with Gasteiger partial charge < -0.3 is 10.6 Å². The normalized spacial score (nSPS) is 10.2. The lowest BCUT2D eigenvalue weighted by molar-refractivity contribution is 0.627. The topological polar surface area (TPSA) is 24.1 Å². The molecule has 0 saturated carbocycles. The minimum atomic E-state index is -0.235. The monoisotopic (exact) mass is 226 g/mol. The molecule has 15 heavy (non-hydrogen) atoms. The summed E-state index contributed by atoms with van der Waals surface area (Å²) in [6, 6.07) is 4.85. The quantitative estimate of drug-likeness (QED) is 0.758. The largest absolute Gasteiger partial charge is 0.360 e. The van der Waals surface area contributed by atoms with E-state index in [1.807, 2.05) is 20.8 Å². The zero-order valence-corrected chi connectivity index (χ0v) is 9.91. The third-order valence-corrected chi connectivity index (χ3v) is 2.08. The van der Waals surface area contributed by atoms with Gasteiger partial charge in [-0.1, -0.05) is 0 Å². The highest BCUT2D eigenvalue weighted by Crippen LogP contribution is 2.15. The van der Waals surface area contributed by atoms with Crippen LogP contribution in [0.15, 0.2) is 18.2 Å². The van der Waals surface area contributed by atoms with Crippen molar-refractivity contribution in [2.75, 3.05) is 5.32 Å². The Morgan fingerprint density at radius 2 is 2.07 bits per heavy atom. The third kappa shape index (κ3) is 3.83. The second-order valence-corrected chi connectivity index (χ2v) is 4.12. The van der Waals surface area contributed by atoms with Gasteiger partial charge in [0.05, 0.1) is 0 Å². The highest BCUT2D eigenvalue weighted by Gasteiger charge is 2.02. The van der Waals surface area contributed by atoms with E-state index in [0.29, 0.717) is 5.11 Å². The molecule has 0 spiro atoms. The average Bonchev–Trinajstić information content (AvgIpc) is 2.08. The fraction of sp³-hybridized carbons (Fsp3) is 0.364. The van der Waals surface area contributed by atoms with Gasteiger partial charge in [-0.15, -0.1) is 0 Å². The fourth-order valence-electron chi connectivity index (χ4n) is 1.19. The van der Waals surface area contributed by atoms with Gasteiger partial charge in [0.2, 0.25) is 0 Å². The van der Waals surface area contributed by atoms with Crippen LogP contribution in [0.4, 0.5) is 10.1 Å². The molecule has 0 atom stereocenters. The van der Waals surface area contributed by atoms with Crippen LogP contribution < -0.4 is 10.6 Å². The Balaban J connectivity index is 2.68. The van der Waals surface area contributed by atoms with Gasteiger partial charge in [0.25, 0.3) is 0 Å². The molecule has 82 valence electrons. The number of hydrogen-bond donors (Lipinski definition) is 2. The maximum atomic E-state index is 12.8. The highest BCUT2D eigenvalue weighted by molar-refractivity contribution is 7.80. The lowest BCUT2D eigenvalue weighted by atomic mass is 10.2. The molecule has 4 heteroatoms. The number of halogens is 1. The minimum Gasteiger partial charge on any atom is -0.360 e. The number of rotatable bonds is 2. The van der Waals surface area contributed by atoms with E-state index in [9.17, 15) is 4.39 Å². The molecule has 0 saturated heterocycles. The van der Waals surface area contributed by atoms with Crippen LogP contribution in [-0.2, 0) is 0 Å². The second-order valence-electron chi connectivity index (χ2n) is 3.71. The van der Waals surface area contributed by atoms with Crippen LogP contribution in [0.1, 0.15) is 19.4 Å². The van der Waals surface area contributed by atoms with Crippen molar-refractivity contribution < 1.29 is 4.39 Å². The summed E-state index contributed by atoms with van der Waals surface area (Å²) in [7, 11) is 0. The molecule has 2 N–H and O–H groups in total. The van der Waals surface area contributed by atoms with Gasteiger partial charge in [-0.2, -0.15) is 0 Å². The number of thiocarbonyl (C=S) groups is 1. The number of anilines is 1. The highest BCUT2D eigenvalue weighted by atomic mass is 32.1. The van der Waals surface area contributed by atoms with Crippen molar-refractivity contribution >= 4 is 23.0 Å². The smallest absolute Gasteiger partial charge is 0.170 e. The SMILES string of the molecule is Cc1cc(F)ccc1NC(=S)NC(C)C. The first kappa shape index (κ1) is 11.9. The van der Waals surface area contributed by atoms with Gasteiger partial charge in [-0.05, 0) is 56.8 Å². The van der Waals surface area contributed by atoms with Crippen molar-refractivity contribution in [3.05, 3.63) is 29.6 Å². The summed E-state index contributed by atoms with van der Waals surface area (Å²) in [5.41, 5.74) is 1.66. The van der Waals surface area contributed by atoms with Crippen molar-refractivity contribution in [3.63, 3.8) is 0 Å². The number of hydrogen-bond acceptors (Lipinski definition) is 1. The van der Waals surface area contributed by atoms with Crippen molar-refractivity contribution in [1.29, 1.82) is 0 Å². The Bertz CT molecular complexity index is 364. The fourth-order valence-corrected chi connectivity index (χ4v) is 1.53. The van der Waals surface area contributed by atoms with E-state index in [4.69, 9.17) is 12.2 Å². The van der Waals surface area contributed by atoms with Crippen molar-refractivity contribution in [2.45, 2.75) is 26.8 Å². The standard InChI is InChI=1S/C11H15FN2S/c1-7(2)13-11(15)14-10-5-4-9(12)6-8(10)3/h4-7H,1-3H3,(H2,13,14,15). The first-order valence-electron chi connectivity index (χ1n) is 4.82. The lowest BCUT2D eigenvalue weighted by Crippen LogP contribution is -2.34. The summed E-state index contributed by atoms with van der Waals surface area (Å²) in [5.74, 6) is -0.235. The molecule has 0 heterocycles. The van der Waals surface area contributed by atoms with Crippen LogP contribution in [0.5, 0.6) is 0 Å². The molecule has 1 rings (SSSR count). The summed E-state index contributed by atoms with van der Waals surface area (Å²) in [6.07, 6.45) is 0. The van der Waals surface area contributed by atoms with Crippen molar-refractivity contribution in [2.24, 2.45) is 0 Å². The summed E-state index contributed by atoms with van der Waals surface area (Å²) < 4.78 is 12.8. The van der Waals surface area contributed by atoms with Gasteiger partial charge in [0.1, 0.15) is 5.82 Å². The lowest BCUT2D eigenvalue weighted by Gasteiger charge is -2.14. The van der Waals surface area contributed by atoms with Crippen LogP contribution in [0.3, 0.4) is 0 Å². The molecule has 0 unspecified atom stereocenters. The molecule has 0 amide bonds. The number of benzene rings is 1. The van der Waals surface area contributed by atoms with Crippen LogP contribution in [-0.4, -0.2) is 11.2 Å². The molecule has 0 aliphatic rings. The molecule has 1 aromatic carbocycles. The Morgan fingerprint density at radius 1 is 1.40 bits per heavy atom. The predicted molar refractivity (Wildman–Crippen MR) is 65.6 cm³/mol. The summed E-state index contributed by atoms with van der Waals surface area (Å²) in [5, 5.41) is 6.64. The molecule has 0 radical (unpaired) electrons. The van der Waals surface area contributed by atoms with E-state index in [-0.39, 0.29) is 11.9 Å². The summed E-state index contributed by atoms with van der Waals surface area (Å²) in [6.45, 7) is 5.85. The molecule has 0 aliphatic heterocycles. The van der Waals surface area contributed by atoms with E-state index in [0.717, 1.165) is 11.3 Å². The maximum absolute atomic E-state index is 12.8. The van der Waals surface area contributed by atoms with Gasteiger partial charge in [0, 0.05) is 11.7 Å². The van der Waals surface area contributed by atoms with Crippen LogP contribution in [0, 0.1) is 12.7 Å². The van der Waals surface area contributed by atoms with Crippen LogP contribution in [0.2, 0.25) is 0 Å². The molecular weight excluding hydrogens is 211 g/mol. The average molecular weight is 226 g/mol. The van der Waals surface area contributed by atoms with Gasteiger partial charge in [-0.25, -0.2) is 4.39 Å². The minimum absolute atomic E-state index is 0.235. The van der Waals surface area contributed by atoms with Crippen molar-refractivity contribution in [1.82, 2.24) is 5.32 Å². The van der Waals surface area contributed by atoms with E-state index in [1.54, 1.807) is 6.07 Å². The van der Waals surface area contributed by atoms with Crippen molar-refractivity contribution in [3.8, 4) is 0 Å². The number of aryl methyl sites for hydroxylation is 1. The Kier molecular flexibility index (Phi) is 4.03. The molecule has 0 bridgehead atoms. The second kappa shape index (κ2) is 5.07. The molecule has 1 aromatic rings. The molecular formula is C11H15FN2S. The third-order valence-electron chi connectivity index (χ3n) is 1.86. The van der Waals surface area contributed by atoms with Crippen LogP contribution >= 0.6 is 12.2 Å². The van der Waals surface area contributed by atoms with E-state index in [1.165, 1.54) is 12.1 Å². The zero-order chi connectivity index (χ0) is 11.4. The molecule has 0 aromatic heterocycles. The van der Waals surface area contributed by atoms with E-state index < -0.39 is 0 Å².